The van der Waals surface area contributed by atoms with Crippen molar-refractivity contribution < 1.29 is 6.17 Å². The van der Waals surface area contributed by atoms with E-state index < -0.39 is 0 Å². The molecule has 0 N–H and O–H groups in total. The van der Waals surface area contributed by atoms with Crippen molar-refractivity contribution in [3.8, 4) is 0 Å². The van der Waals surface area contributed by atoms with Crippen molar-refractivity contribution in [3.05, 3.63) is 35.9 Å². The molecule has 0 amide bonds. The fourth-order valence-electron chi connectivity index (χ4n) is 0.782. The summed E-state index contributed by atoms with van der Waals surface area (Å²) in [7, 11) is 0. The van der Waals surface area contributed by atoms with Crippen LogP contribution in [0.25, 0.3) is 0 Å². The van der Waals surface area contributed by atoms with Gasteiger partial charge in [0.25, 0.3) is 0 Å². The van der Waals surface area contributed by atoms with Crippen molar-refractivity contribution in [2.45, 2.75) is 12.8 Å². The lowest BCUT2D eigenvalue weighted by Crippen LogP contribution is -1.92. The molecule has 0 fully saturated rings. The highest BCUT2D eigenvalue weighted by atomic mass is 16.1. The van der Waals surface area contributed by atoms with Gasteiger partial charge in [-0.1, -0.05) is 37.2 Å². The number of hydrogen-bond donors (Lipinski definition) is 0. The second-order valence-corrected chi connectivity index (χ2v) is 2.26. The third kappa shape index (κ3) is 1.44. The summed E-state index contributed by atoms with van der Waals surface area (Å²) in [6.45, 7) is 1.84. The average molecular weight is 135 g/mol. The minimum Gasteiger partial charge on any atom is -0.303 e. The number of rotatable bonds is 2. The van der Waals surface area contributed by atoms with Crippen LogP contribution in [0.3, 0.4) is 0 Å². The lowest BCUT2D eigenvalue weighted by Gasteiger charge is -2.00. The highest BCUT2D eigenvalue weighted by molar-refractivity contribution is 5.61. The molecule has 1 nitrogen and oxygen atoms in total. The van der Waals surface area contributed by atoms with Crippen molar-refractivity contribution in [1.82, 2.24) is 0 Å². The summed E-state index contributed by atoms with van der Waals surface area (Å²) in [5, 5.41) is 0. The number of aldehydes is 1. The van der Waals surface area contributed by atoms with E-state index >= 15 is 0 Å². The molecule has 1 heteroatoms. The van der Waals surface area contributed by atoms with Gasteiger partial charge in [0, 0.05) is 5.92 Å². The molecule has 0 bridgehead atoms. The molecule has 1 aromatic carbocycles. The summed E-state index contributed by atoms with van der Waals surface area (Å²) in [6, 6.07) is 7.47. The van der Waals surface area contributed by atoms with Gasteiger partial charge >= 0.3 is 0 Å². The highest BCUT2D eigenvalue weighted by Gasteiger charge is 1.99. The quantitative estimate of drug-likeness (QED) is 0.567. The summed E-state index contributed by atoms with van der Waals surface area (Å²) < 4.78 is 7.20. The maximum absolute atomic E-state index is 10.3. The van der Waals surface area contributed by atoms with Crippen LogP contribution in [0.15, 0.2) is 30.3 Å². The van der Waals surface area contributed by atoms with Gasteiger partial charge in [-0.05, 0) is 5.56 Å². The Balaban J connectivity index is 2.89. The van der Waals surface area contributed by atoms with E-state index in [0.717, 1.165) is 11.8 Å². The molecule has 1 atom stereocenters. The molecule has 0 heterocycles. The SMILES string of the molecule is [2H]c1ccc(C(C)C=O)cc1. The maximum Gasteiger partial charge on any atom is 0.127 e. The Labute approximate surface area is 62.1 Å². The van der Waals surface area contributed by atoms with Crippen LogP contribution in [0, 0.1) is 0 Å². The van der Waals surface area contributed by atoms with Crippen molar-refractivity contribution >= 4 is 6.29 Å². The van der Waals surface area contributed by atoms with Crippen molar-refractivity contribution in [2.75, 3.05) is 0 Å². The first kappa shape index (κ1) is 5.66. The molecule has 0 aliphatic carbocycles. The van der Waals surface area contributed by atoms with E-state index in [1.165, 1.54) is 0 Å². The van der Waals surface area contributed by atoms with E-state index in [1.807, 2.05) is 6.92 Å². The largest absolute Gasteiger partial charge is 0.303 e. The molecule has 1 aromatic rings. The van der Waals surface area contributed by atoms with E-state index in [-0.39, 0.29) is 5.92 Å². The summed E-state index contributed by atoms with van der Waals surface area (Å²) in [4.78, 5) is 10.3. The minimum absolute atomic E-state index is 0.0596. The van der Waals surface area contributed by atoms with Gasteiger partial charge < -0.3 is 4.79 Å². The lowest BCUT2D eigenvalue weighted by molar-refractivity contribution is -0.108. The molecular formula is C9H10O. The predicted octanol–water partition coefficient (Wildman–Crippen LogP) is 1.99. The Kier molecular flexibility index (Phi) is 1.79. The molecule has 52 valence electrons. The Bertz CT molecular complexity index is 240. The molecule has 0 saturated heterocycles. The van der Waals surface area contributed by atoms with Crippen LogP contribution in [-0.4, -0.2) is 6.29 Å². The molecule has 10 heavy (non-hydrogen) atoms. The summed E-state index contributed by atoms with van der Waals surface area (Å²) in [6.07, 6.45) is 0.902. The lowest BCUT2D eigenvalue weighted by atomic mass is 10.0. The Morgan fingerprint density at radius 3 is 2.70 bits per heavy atom. The standard InChI is InChI=1S/C9H10O/c1-8(7-10)9-5-3-2-4-6-9/h2-8H,1H3/i2D. The molecule has 1 unspecified atom stereocenters. The smallest absolute Gasteiger partial charge is 0.127 e. The van der Waals surface area contributed by atoms with Crippen molar-refractivity contribution in [2.24, 2.45) is 0 Å². The van der Waals surface area contributed by atoms with Gasteiger partial charge in [0.2, 0.25) is 0 Å². The molecule has 0 aliphatic rings. The Hall–Kier alpha value is -1.11. The second kappa shape index (κ2) is 3.16. The topological polar surface area (TPSA) is 17.1 Å². The first-order valence-electron chi connectivity index (χ1n) is 3.76. The van der Waals surface area contributed by atoms with Crippen molar-refractivity contribution in [1.29, 1.82) is 0 Å². The zero-order chi connectivity index (χ0) is 8.27. The van der Waals surface area contributed by atoms with Crippen molar-refractivity contribution in [3.63, 3.8) is 0 Å². The van der Waals surface area contributed by atoms with Crippen LogP contribution in [0.5, 0.6) is 0 Å². The van der Waals surface area contributed by atoms with Crippen LogP contribution in [0.1, 0.15) is 19.8 Å². The molecule has 0 saturated carbocycles. The van der Waals surface area contributed by atoms with Gasteiger partial charge in [-0.3, -0.25) is 0 Å². The number of benzene rings is 1. The summed E-state index contributed by atoms with van der Waals surface area (Å²) in [5.74, 6) is -0.0596. The second-order valence-electron chi connectivity index (χ2n) is 2.26. The van der Waals surface area contributed by atoms with E-state index in [0.29, 0.717) is 6.04 Å². The van der Waals surface area contributed by atoms with Gasteiger partial charge in [-0.2, -0.15) is 0 Å². The summed E-state index contributed by atoms with van der Waals surface area (Å²) >= 11 is 0. The predicted molar refractivity (Wildman–Crippen MR) is 40.9 cm³/mol. The van der Waals surface area contributed by atoms with Gasteiger partial charge in [-0.15, -0.1) is 0 Å². The van der Waals surface area contributed by atoms with E-state index in [2.05, 4.69) is 0 Å². The molecule has 0 aromatic heterocycles. The summed E-state index contributed by atoms with van der Waals surface area (Å²) in [5.41, 5.74) is 0.969. The molecule has 0 aliphatic heterocycles. The minimum atomic E-state index is -0.0596. The molecule has 0 spiro atoms. The zero-order valence-corrected chi connectivity index (χ0v) is 5.87. The van der Waals surface area contributed by atoms with Gasteiger partial charge in [0.05, 0.1) is 1.37 Å². The molecule has 1 rings (SSSR count). The van der Waals surface area contributed by atoms with Crippen LogP contribution < -0.4 is 0 Å². The van der Waals surface area contributed by atoms with Crippen LogP contribution >= 0.6 is 0 Å². The van der Waals surface area contributed by atoms with Crippen LogP contribution in [0.2, 0.25) is 0 Å². The molecular weight excluding hydrogens is 124 g/mol. The fourth-order valence-corrected chi connectivity index (χ4v) is 0.782. The maximum atomic E-state index is 10.3. The Morgan fingerprint density at radius 2 is 2.20 bits per heavy atom. The van der Waals surface area contributed by atoms with Gasteiger partial charge in [0.15, 0.2) is 0 Å². The third-order valence-electron chi connectivity index (χ3n) is 1.47. The Morgan fingerprint density at radius 1 is 1.60 bits per heavy atom. The highest BCUT2D eigenvalue weighted by Crippen LogP contribution is 2.10. The average Bonchev–Trinajstić information content (AvgIpc) is 2.05. The van der Waals surface area contributed by atoms with Gasteiger partial charge in [-0.25, -0.2) is 0 Å². The number of hydrogen-bond acceptors (Lipinski definition) is 1. The number of carbonyl (C=O) groups excluding carboxylic acids is 1. The van der Waals surface area contributed by atoms with E-state index in [1.54, 1.807) is 24.3 Å². The van der Waals surface area contributed by atoms with E-state index in [4.69, 9.17) is 1.37 Å². The van der Waals surface area contributed by atoms with Crippen LogP contribution in [-0.2, 0) is 4.79 Å². The zero-order valence-electron chi connectivity index (χ0n) is 6.87. The monoisotopic (exact) mass is 135 g/mol. The third-order valence-corrected chi connectivity index (χ3v) is 1.47. The first-order valence-corrected chi connectivity index (χ1v) is 3.26. The number of carbonyl (C=O) groups is 1. The van der Waals surface area contributed by atoms with Crippen LogP contribution in [0.4, 0.5) is 0 Å². The fraction of sp³-hybridized carbons (Fsp3) is 0.222. The van der Waals surface area contributed by atoms with E-state index in [9.17, 15) is 4.79 Å². The normalized spacial score (nSPS) is 13.9. The molecule has 0 radical (unpaired) electrons. The first-order chi connectivity index (χ1) is 5.24. The van der Waals surface area contributed by atoms with Gasteiger partial charge in [0.1, 0.15) is 6.29 Å².